The zero-order valence-corrected chi connectivity index (χ0v) is 11.1. The smallest absolute Gasteiger partial charge is 0.324 e. The first-order valence-electron chi connectivity index (χ1n) is 5.84. The van der Waals surface area contributed by atoms with Gasteiger partial charge in [-0.05, 0) is 12.1 Å². The van der Waals surface area contributed by atoms with Gasteiger partial charge in [0, 0.05) is 26.4 Å². The lowest BCUT2D eigenvalue weighted by Crippen LogP contribution is -2.44. The van der Waals surface area contributed by atoms with E-state index < -0.39 is 5.97 Å². The van der Waals surface area contributed by atoms with E-state index in [1.165, 1.54) is 9.80 Å². The molecule has 0 heterocycles. The number of amides is 2. The van der Waals surface area contributed by atoms with Crippen molar-refractivity contribution < 1.29 is 19.4 Å². The van der Waals surface area contributed by atoms with Crippen molar-refractivity contribution in [3.63, 3.8) is 0 Å². The molecule has 0 spiro atoms. The van der Waals surface area contributed by atoms with Crippen LogP contribution in [0, 0.1) is 0 Å². The van der Waals surface area contributed by atoms with Crippen molar-refractivity contribution in [1.82, 2.24) is 4.90 Å². The molecule has 6 nitrogen and oxygen atoms in total. The summed E-state index contributed by atoms with van der Waals surface area (Å²) in [5.74, 6) is -1.06. The zero-order valence-electron chi connectivity index (χ0n) is 11.1. The summed E-state index contributed by atoms with van der Waals surface area (Å²) in [7, 11) is 3.16. The number of likely N-dealkylation sites (N-methyl/N-ethyl adjacent to an activating group) is 1. The molecule has 1 rings (SSSR count). The van der Waals surface area contributed by atoms with Gasteiger partial charge in [0.15, 0.2) is 0 Å². The number of carboxylic acid groups (broad SMARTS) is 1. The number of carbonyl (C=O) groups is 2. The summed E-state index contributed by atoms with van der Waals surface area (Å²) in [4.78, 5) is 25.8. The van der Waals surface area contributed by atoms with Gasteiger partial charge < -0.3 is 14.7 Å². The maximum absolute atomic E-state index is 12.2. The Kier molecular flexibility index (Phi) is 5.81. The molecule has 0 aromatic heterocycles. The van der Waals surface area contributed by atoms with Gasteiger partial charge in [-0.25, -0.2) is 4.79 Å². The Bertz CT molecular complexity index is 422. The number of nitrogens with zero attached hydrogens (tertiary/aromatic N) is 2. The summed E-state index contributed by atoms with van der Waals surface area (Å²) in [6, 6.07) is 8.35. The van der Waals surface area contributed by atoms with E-state index in [9.17, 15) is 9.59 Å². The molecule has 0 unspecified atom stereocenters. The maximum atomic E-state index is 12.2. The third-order valence-electron chi connectivity index (χ3n) is 2.55. The molecule has 0 aliphatic carbocycles. The molecular weight excluding hydrogens is 248 g/mol. The van der Waals surface area contributed by atoms with Gasteiger partial charge in [0.1, 0.15) is 6.54 Å². The number of para-hydroxylation sites is 1. The van der Waals surface area contributed by atoms with Crippen LogP contribution in [0.2, 0.25) is 0 Å². The van der Waals surface area contributed by atoms with Crippen LogP contribution >= 0.6 is 0 Å². The number of ether oxygens (including phenoxy) is 1. The van der Waals surface area contributed by atoms with Crippen molar-refractivity contribution in [2.75, 3.05) is 38.8 Å². The van der Waals surface area contributed by atoms with Crippen LogP contribution in [0.5, 0.6) is 0 Å². The lowest BCUT2D eigenvalue weighted by molar-refractivity contribution is -0.135. The molecule has 0 aliphatic rings. The van der Waals surface area contributed by atoms with Crippen molar-refractivity contribution in [2.45, 2.75) is 0 Å². The molecule has 1 N–H and O–H groups in total. The average molecular weight is 266 g/mol. The monoisotopic (exact) mass is 266 g/mol. The van der Waals surface area contributed by atoms with Gasteiger partial charge in [0.2, 0.25) is 0 Å². The summed E-state index contributed by atoms with van der Waals surface area (Å²) in [5, 5.41) is 8.91. The second kappa shape index (κ2) is 7.38. The number of anilines is 1. The fourth-order valence-corrected chi connectivity index (χ4v) is 1.54. The van der Waals surface area contributed by atoms with Crippen molar-refractivity contribution in [3.8, 4) is 0 Å². The predicted molar refractivity (Wildman–Crippen MR) is 71.3 cm³/mol. The van der Waals surface area contributed by atoms with Gasteiger partial charge in [0.25, 0.3) is 0 Å². The lowest BCUT2D eigenvalue weighted by atomic mass is 10.3. The molecular formula is C13H18N2O4. The summed E-state index contributed by atoms with van der Waals surface area (Å²) >= 11 is 0. The number of urea groups is 1. The van der Waals surface area contributed by atoms with E-state index >= 15 is 0 Å². The van der Waals surface area contributed by atoms with Crippen LogP contribution in [0.15, 0.2) is 30.3 Å². The SMILES string of the molecule is COCCN(C)C(=O)N(CC(=O)O)c1ccccc1. The van der Waals surface area contributed by atoms with Crippen LogP contribution in [0.3, 0.4) is 0 Å². The van der Waals surface area contributed by atoms with Crippen LogP contribution in [-0.4, -0.2) is 55.9 Å². The molecule has 0 fully saturated rings. The number of carboxylic acids is 1. The van der Waals surface area contributed by atoms with E-state index in [0.717, 1.165) is 0 Å². The minimum absolute atomic E-state index is 0.370. The summed E-state index contributed by atoms with van der Waals surface area (Å²) in [6.45, 7) is 0.427. The van der Waals surface area contributed by atoms with Crippen molar-refractivity contribution in [2.24, 2.45) is 0 Å². The Balaban J connectivity index is 2.85. The first-order chi connectivity index (χ1) is 9.06. The fourth-order valence-electron chi connectivity index (χ4n) is 1.54. The third-order valence-corrected chi connectivity index (χ3v) is 2.55. The molecule has 6 heteroatoms. The standard InChI is InChI=1S/C13H18N2O4/c1-14(8-9-19-2)13(18)15(10-12(16)17)11-6-4-3-5-7-11/h3-7H,8-10H2,1-2H3,(H,16,17). The predicted octanol–water partition coefficient (Wildman–Crippen LogP) is 1.28. The molecule has 0 atom stereocenters. The Labute approximate surface area is 112 Å². The van der Waals surface area contributed by atoms with Crippen molar-refractivity contribution >= 4 is 17.7 Å². The number of hydrogen-bond donors (Lipinski definition) is 1. The van der Waals surface area contributed by atoms with Crippen LogP contribution < -0.4 is 4.90 Å². The maximum Gasteiger partial charge on any atom is 0.324 e. The highest BCUT2D eigenvalue weighted by Gasteiger charge is 2.21. The van der Waals surface area contributed by atoms with Gasteiger partial charge in [-0.15, -0.1) is 0 Å². The van der Waals surface area contributed by atoms with Crippen molar-refractivity contribution in [3.05, 3.63) is 30.3 Å². The molecule has 1 aromatic rings. The van der Waals surface area contributed by atoms with E-state index in [0.29, 0.717) is 18.8 Å². The molecule has 1 aromatic carbocycles. The normalized spacial score (nSPS) is 10.0. The quantitative estimate of drug-likeness (QED) is 0.842. The Hall–Kier alpha value is -2.08. The molecule has 0 bridgehead atoms. The Morgan fingerprint density at radius 1 is 1.26 bits per heavy atom. The molecule has 19 heavy (non-hydrogen) atoms. The van der Waals surface area contributed by atoms with Gasteiger partial charge in [-0.2, -0.15) is 0 Å². The largest absolute Gasteiger partial charge is 0.480 e. The number of rotatable bonds is 6. The van der Waals surface area contributed by atoms with Crippen LogP contribution in [0.25, 0.3) is 0 Å². The van der Waals surface area contributed by atoms with Crippen molar-refractivity contribution in [1.29, 1.82) is 0 Å². The molecule has 0 aliphatic heterocycles. The summed E-state index contributed by atoms with van der Waals surface area (Å²) in [6.07, 6.45) is 0. The third kappa shape index (κ3) is 4.59. The van der Waals surface area contributed by atoms with Crippen LogP contribution in [0.1, 0.15) is 0 Å². The molecule has 0 radical (unpaired) electrons. The number of methoxy groups -OCH3 is 1. The molecule has 0 saturated heterocycles. The number of hydrogen-bond acceptors (Lipinski definition) is 3. The summed E-state index contributed by atoms with van der Waals surface area (Å²) in [5.41, 5.74) is 0.555. The van der Waals surface area contributed by atoms with E-state index in [4.69, 9.17) is 9.84 Å². The van der Waals surface area contributed by atoms with E-state index in [-0.39, 0.29) is 12.6 Å². The highest BCUT2D eigenvalue weighted by atomic mass is 16.5. The number of benzene rings is 1. The Morgan fingerprint density at radius 2 is 1.89 bits per heavy atom. The number of carbonyl (C=O) groups excluding carboxylic acids is 1. The molecule has 104 valence electrons. The first kappa shape index (κ1) is 15.0. The topological polar surface area (TPSA) is 70.1 Å². The zero-order chi connectivity index (χ0) is 14.3. The van der Waals surface area contributed by atoms with Crippen LogP contribution in [-0.2, 0) is 9.53 Å². The summed E-state index contributed by atoms with van der Waals surface area (Å²) < 4.78 is 4.90. The van der Waals surface area contributed by atoms with Gasteiger partial charge in [-0.1, -0.05) is 18.2 Å². The molecule has 2 amide bonds. The van der Waals surface area contributed by atoms with E-state index in [2.05, 4.69) is 0 Å². The fraction of sp³-hybridized carbons (Fsp3) is 0.385. The van der Waals surface area contributed by atoms with E-state index in [1.54, 1.807) is 38.4 Å². The highest BCUT2D eigenvalue weighted by molar-refractivity contribution is 5.96. The minimum Gasteiger partial charge on any atom is -0.480 e. The first-order valence-corrected chi connectivity index (χ1v) is 5.84. The van der Waals surface area contributed by atoms with E-state index in [1.807, 2.05) is 6.07 Å². The second-order valence-electron chi connectivity index (χ2n) is 4.01. The second-order valence-corrected chi connectivity index (χ2v) is 4.01. The van der Waals surface area contributed by atoms with Crippen LogP contribution in [0.4, 0.5) is 10.5 Å². The van der Waals surface area contributed by atoms with Gasteiger partial charge in [-0.3, -0.25) is 9.69 Å². The van der Waals surface area contributed by atoms with Gasteiger partial charge >= 0.3 is 12.0 Å². The number of aliphatic carboxylic acids is 1. The van der Waals surface area contributed by atoms with Gasteiger partial charge in [0.05, 0.1) is 6.61 Å². The average Bonchev–Trinajstić information content (AvgIpc) is 2.42. The highest BCUT2D eigenvalue weighted by Crippen LogP contribution is 2.14. The minimum atomic E-state index is -1.06. The lowest BCUT2D eigenvalue weighted by Gasteiger charge is -2.26. The molecule has 0 saturated carbocycles. The Morgan fingerprint density at radius 3 is 2.42 bits per heavy atom.